The van der Waals surface area contributed by atoms with Gasteiger partial charge in [0.05, 0.1) is 10.2 Å². The molecule has 0 aliphatic carbocycles. The monoisotopic (exact) mass is 369 g/mol. The van der Waals surface area contributed by atoms with Crippen molar-refractivity contribution >= 4 is 27.5 Å². The Bertz CT molecular complexity index is 707. The molecule has 1 N–H and O–H groups in total. The van der Waals surface area contributed by atoms with Crippen molar-refractivity contribution in [2.45, 2.75) is 20.0 Å². The first-order valence-corrected chi connectivity index (χ1v) is 7.35. The van der Waals surface area contributed by atoms with E-state index in [0.29, 0.717) is 10.2 Å². The van der Waals surface area contributed by atoms with Gasteiger partial charge in [0.15, 0.2) is 6.10 Å². The number of aryl methyl sites for hydroxylation is 1. The van der Waals surface area contributed by atoms with Crippen LogP contribution in [0.15, 0.2) is 40.9 Å². The lowest BCUT2D eigenvalue weighted by Crippen LogP contribution is -2.30. The normalized spacial score (nSPS) is 11.9. The molecule has 0 aliphatic rings. The molecule has 6 heteroatoms. The molecule has 0 bridgehead atoms. The van der Waals surface area contributed by atoms with Gasteiger partial charge >= 0.3 is 0 Å². The molecule has 1 amide bonds. The third kappa shape index (κ3) is 4.04. The summed E-state index contributed by atoms with van der Waals surface area (Å²) in [5, 5.41) is 2.46. The van der Waals surface area contributed by atoms with Crippen LogP contribution in [0.5, 0.6) is 5.75 Å². The summed E-state index contributed by atoms with van der Waals surface area (Å²) < 4.78 is 32.6. The minimum absolute atomic E-state index is 0.0872. The number of nitrogens with one attached hydrogen (secondary N) is 1. The predicted octanol–water partition coefficient (Wildman–Crippen LogP) is 4.44. The number of benzene rings is 2. The summed E-state index contributed by atoms with van der Waals surface area (Å²) in [6, 6.07) is 8.39. The molecule has 0 aromatic heterocycles. The van der Waals surface area contributed by atoms with Crippen molar-refractivity contribution in [3.8, 4) is 5.75 Å². The summed E-state index contributed by atoms with van der Waals surface area (Å²) in [7, 11) is 0. The number of hydrogen-bond donors (Lipinski definition) is 1. The van der Waals surface area contributed by atoms with Crippen molar-refractivity contribution in [3.05, 3.63) is 58.1 Å². The van der Waals surface area contributed by atoms with Crippen LogP contribution in [0.2, 0.25) is 0 Å². The van der Waals surface area contributed by atoms with Crippen LogP contribution in [-0.4, -0.2) is 12.0 Å². The summed E-state index contributed by atoms with van der Waals surface area (Å²) >= 11 is 3.15. The van der Waals surface area contributed by atoms with Crippen molar-refractivity contribution in [3.63, 3.8) is 0 Å². The average Bonchev–Trinajstić information content (AvgIpc) is 2.44. The second-order valence-electron chi connectivity index (χ2n) is 4.81. The van der Waals surface area contributed by atoms with Crippen LogP contribution in [-0.2, 0) is 4.79 Å². The molecule has 2 aromatic carbocycles. The minimum Gasteiger partial charge on any atom is -0.480 e. The van der Waals surface area contributed by atoms with E-state index >= 15 is 0 Å². The molecule has 22 heavy (non-hydrogen) atoms. The van der Waals surface area contributed by atoms with E-state index in [2.05, 4.69) is 21.2 Å². The third-order valence-electron chi connectivity index (χ3n) is 2.95. The molecule has 0 spiro atoms. The highest BCUT2D eigenvalue weighted by Crippen LogP contribution is 2.26. The molecule has 0 heterocycles. The fraction of sp³-hybridized carbons (Fsp3) is 0.188. The quantitative estimate of drug-likeness (QED) is 0.864. The van der Waals surface area contributed by atoms with Gasteiger partial charge in [-0.15, -0.1) is 0 Å². The van der Waals surface area contributed by atoms with Crippen LogP contribution in [0.3, 0.4) is 0 Å². The Hall–Kier alpha value is -1.95. The van der Waals surface area contributed by atoms with Crippen LogP contribution >= 0.6 is 15.9 Å². The maximum atomic E-state index is 13.7. The molecule has 0 saturated carbocycles. The number of anilines is 1. The maximum Gasteiger partial charge on any atom is 0.265 e. The Morgan fingerprint density at radius 1 is 1.23 bits per heavy atom. The van der Waals surface area contributed by atoms with Gasteiger partial charge in [0.2, 0.25) is 0 Å². The van der Waals surface area contributed by atoms with Crippen molar-refractivity contribution in [1.29, 1.82) is 0 Å². The van der Waals surface area contributed by atoms with Crippen LogP contribution in [0.25, 0.3) is 0 Å². The zero-order valence-corrected chi connectivity index (χ0v) is 13.6. The highest BCUT2D eigenvalue weighted by atomic mass is 79.9. The molecule has 0 fully saturated rings. The van der Waals surface area contributed by atoms with Crippen LogP contribution < -0.4 is 10.1 Å². The maximum absolute atomic E-state index is 13.7. The number of amides is 1. The van der Waals surface area contributed by atoms with Gasteiger partial charge in [0, 0.05) is 0 Å². The Balaban J connectivity index is 2.05. The lowest BCUT2D eigenvalue weighted by Gasteiger charge is -2.16. The van der Waals surface area contributed by atoms with Gasteiger partial charge < -0.3 is 10.1 Å². The van der Waals surface area contributed by atoms with Gasteiger partial charge in [-0.3, -0.25) is 4.79 Å². The van der Waals surface area contributed by atoms with E-state index in [1.807, 2.05) is 0 Å². The molecule has 1 unspecified atom stereocenters. The van der Waals surface area contributed by atoms with Crippen molar-refractivity contribution in [1.82, 2.24) is 0 Å². The SMILES string of the molecule is Cc1ccc(NC(=O)C(C)Oc2ccc(F)cc2Br)c(F)c1. The predicted molar refractivity (Wildman–Crippen MR) is 84.0 cm³/mol. The largest absolute Gasteiger partial charge is 0.480 e. The fourth-order valence-corrected chi connectivity index (χ4v) is 2.21. The Labute approximate surface area is 135 Å². The summed E-state index contributed by atoms with van der Waals surface area (Å²) in [6.45, 7) is 3.28. The summed E-state index contributed by atoms with van der Waals surface area (Å²) in [5.41, 5.74) is 0.847. The zero-order valence-electron chi connectivity index (χ0n) is 12.0. The van der Waals surface area contributed by atoms with Gasteiger partial charge in [0.25, 0.3) is 5.91 Å². The standard InChI is InChI=1S/C16H14BrF2NO2/c1-9-3-5-14(13(19)7-9)20-16(21)10(2)22-15-6-4-11(18)8-12(15)17/h3-8,10H,1-2H3,(H,20,21). The van der Waals surface area contributed by atoms with E-state index in [1.165, 1.54) is 37.3 Å². The number of hydrogen-bond acceptors (Lipinski definition) is 2. The molecule has 3 nitrogen and oxygen atoms in total. The summed E-state index contributed by atoms with van der Waals surface area (Å²) in [6.07, 6.45) is -0.873. The zero-order chi connectivity index (χ0) is 16.3. The van der Waals surface area contributed by atoms with Gasteiger partial charge in [-0.25, -0.2) is 8.78 Å². The molecule has 2 rings (SSSR count). The molecule has 2 aromatic rings. The van der Waals surface area contributed by atoms with Gasteiger partial charge in [-0.05, 0) is 65.7 Å². The van der Waals surface area contributed by atoms with E-state index in [0.717, 1.165) is 5.56 Å². The van der Waals surface area contributed by atoms with Crippen molar-refractivity contribution < 1.29 is 18.3 Å². The first-order valence-electron chi connectivity index (χ1n) is 6.55. The highest BCUT2D eigenvalue weighted by molar-refractivity contribution is 9.10. The smallest absolute Gasteiger partial charge is 0.265 e. The van der Waals surface area contributed by atoms with E-state index < -0.39 is 23.6 Å². The van der Waals surface area contributed by atoms with Gasteiger partial charge in [-0.1, -0.05) is 6.07 Å². The Kier molecular flexibility index (Phi) is 5.13. The first kappa shape index (κ1) is 16.4. The summed E-state index contributed by atoms with van der Waals surface area (Å²) in [4.78, 5) is 12.0. The van der Waals surface area contributed by atoms with E-state index in [-0.39, 0.29) is 5.69 Å². The minimum atomic E-state index is -0.873. The molecular formula is C16H14BrF2NO2. The molecular weight excluding hydrogens is 356 g/mol. The fourth-order valence-electron chi connectivity index (χ4n) is 1.77. The number of halogens is 3. The number of carbonyl (C=O) groups excluding carboxylic acids is 1. The first-order chi connectivity index (χ1) is 10.4. The third-order valence-corrected chi connectivity index (χ3v) is 3.57. The van der Waals surface area contributed by atoms with E-state index in [4.69, 9.17) is 4.74 Å². The molecule has 0 radical (unpaired) electrons. The van der Waals surface area contributed by atoms with Crippen LogP contribution in [0.1, 0.15) is 12.5 Å². The van der Waals surface area contributed by atoms with E-state index in [9.17, 15) is 13.6 Å². The van der Waals surface area contributed by atoms with Crippen LogP contribution in [0.4, 0.5) is 14.5 Å². The Morgan fingerprint density at radius 2 is 1.95 bits per heavy atom. The lowest BCUT2D eigenvalue weighted by molar-refractivity contribution is -0.122. The van der Waals surface area contributed by atoms with Gasteiger partial charge in [-0.2, -0.15) is 0 Å². The second kappa shape index (κ2) is 6.87. The van der Waals surface area contributed by atoms with E-state index in [1.54, 1.807) is 13.0 Å². The Morgan fingerprint density at radius 3 is 2.59 bits per heavy atom. The lowest BCUT2D eigenvalue weighted by atomic mass is 10.2. The number of carbonyl (C=O) groups is 1. The van der Waals surface area contributed by atoms with Crippen LogP contribution in [0, 0.1) is 18.6 Å². The molecule has 0 saturated heterocycles. The van der Waals surface area contributed by atoms with Crippen molar-refractivity contribution in [2.75, 3.05) is 5.32 Å². The van der Waals surface area contributed by atoms with Crippen molar-refractivity contribution in [2.24, 2.45) is 0 Å². The number of rotatable bonds is 4. The second-order valence-corrected chi connectivity index (χ2v) is 5.66. The highest BCUT2D eigenvalue weighted by Gasteiger charge is 2.17. The molecule has 0 aliphatic heterocycles. The topological polar surface area (TPSA) is 38.3 Å². The van der Waals surface area contributed by atoms with Gasteiger partial charge in [0.1, 0.15) is 17.4 Å². The summed E-state index contributed by atoms with van der Waals surface area (Å²) in [5.74, 6) is -1.10. The average molecular weight is 370 g/mol. The molecule has 1 atom stereocenters. The molecule has 116 valence electrons. The number of ether oxygens (including phenoxy) is 1.